The van der Waals surface area contributed by atoms with Crippen LogP contribution in [0.5, 0.6) is 0 Å². The van der Waals surface area contributed by atoms with Crippen molar-refractivity contribution in [2.45, 2.75) is 32.3 Å². The van der Waals surface area contributed by atoms with Crippen LogP contribution in [0.1, 0.15) is 30.5 Å². The highest BCUT2D eigenvalue weighted by Gasteiger charge is 2.37. The highest BCUT2D eigenvalue weighted by atomic mass is 79.9. The Balaban J connectivity index is 3.13. The third kappa shape index (κ3) is 7.12. The van der Waals surface area contributed by atoms with Gasteiger partial charge in [-0.15, -0.1) is 0 Å². The summed E-state index contributed by atoms with van der Waals surface area (Å²) in [7, 11) is 0. The van der Waals surface area contributed by atoms with Crippen LogP contribution in [0, 0.1) is 0 Å². The normalized spacial score (nSPS) is 13.7. The van der Waals surface area contributed by atoms with Crippen molar-refractivity contribution in [1.82, 2.24) is 5.43 Å². The van der Waals surface area contributed by atoms with E-state index in [1.165, 1.54) is 0 Å². The number of hydrogen-bond acceptors (Lipinski definition) is 4. The Hall–Kier alpha value is -2.24. The molecule has 1 rings (SSSR count). The summed E-state index contributed by atoms with van der Waals surface area (Å²) in [4.78, 5) is 11.5. The minimum Gasteiger partial charge on any atom is -0.459 e. The molecule has 0 atom stereocenters. The van der Waals surface area contributed by atoms with Crippen molar-refractivity contribution < 1.29 is 35.9 Å². The molecular weight excluding hydrogens is 448 g/mol. The Morgan fingerprint density at radius 2 is 1.63 bits per heavy atom. The van der Waals surface area contributed by atoms with Crippen LogP contribution in [0.4, 0.5) is 26.3 Å². The number of rotatable bonds is 5. The maximum Gasteiger partial charge on any atom is 0.416 e. The van der Waals surface area contributed by atoms with Crippen molar-refractivity contribution in [2.24, 2.45) is 10.8 Å². The number of nitrogens with one attached hydrogen (secondary N) is 1. The van der Waals surface area contributed by atoms with Crippen LogP contribution in [-0.2, 0) is 21.9 Å². The Kier molecular flexibility index (Phi) is 7.29. The van der Waals surface area contributed by atoms with Gasteiger partial charge in [-0.05, 0) is 48.0 Å². The van der Waals surface area contributed by atoms with Gasteiger partial charge in [0.05, 0.1) is 17.2 Å². The summed E-state index contributed by atoms with van der Waals surface area (Å²) in [6, 6.07) is 0.839. The zero-order valence-corrected chi connectivity index (χ0v) is 15.5. The highest BCUT2D eigenvalue weighted by molar-refractivity contribution is 9.12. The Bertz CT molecular complexity index is 725. The molecule has 12 heteroatoms. The van der Waals surface area contributed by atoms with Gasteiger partial charge in [-0.3, -0.25) is 5.43 Å². The number of ether oxygens (including phenoxy) is 1. The molecule has 1 aromatic carbocycles. The van der Waals surface area contributed by atoms with Gasteiger partial charge in [-0.1, -0.05) is 0 Å². The average molecular weight is 462 g/mol. The number of esters is 1. The van der Waals surface area contributed by atoms with Gasteiger partial charge in [0.15, 0.2) is 5.84 Å². The van der Waals surface area contributed by atoms with Crippen LogP contribution >= 0.6 is 15.9 Å². The third-order valence-electron chi connectivity index (χ3n) is 2.80. The summed E-state index contributed by atoms with van der Waals surface area (Å²) < 4.78 is 81.6. The number of nitrogens with zero attached hydrogens (tertiary/aromatic N) is 1. The maximum absolute atomic E-state index is 12.8. The molecule has 150 valence electrons. The van der Waals surface area contributed by atoms with Crippen molar-refractivity contribution in [1.29, 1.82) is 0 Å². The first-order chi connectivity index (χ1) is 12.2. The van der Waals surface area contributed by atoms with Crippen LogP contribution in [0.25, 0.3) is 0 Å². The van der Waals surface area contributed by atoms with Crippen molar-refractivity contribution in [3.05, 3.63) is 45.6 Å². The van der Waals surface area contributed by atoms with Gasteiger partial charge in [0.1, 0.15) is 4.48 Å². The molecule has 0 saturated heterocycles. The lowest BCUT2D eigenvalue weighted by atomic mass is 10.0. The maximum atomic E-state index is 12.8. The van der Waals surface area contributed by atoms with Gasteiger partial charge < -0.3 is 10.5 Å². The van der Waals surface area contributed by atoms with E-state index in [0.29, 0.717) is 12.1 Å². The standard InChI is InChI=1S/C15H14BrF6N3O2/c1-7(2)27-13(26)11(16)6-24-25-12(23)8-3-9(14(17,18)19)5-10(4-8)15(20,21)22/h3-7,24H,1-2H3,(H2,23,25)/b11-6-. The quantitative estimate of drug-likeness (QED) is 0.173. The summed E-state index contributed by atoms with van der Waals surface area (Å²) in [5.41, 5.74) is 3.95. The second-order valence-corrected chi connectivity index (χ2v) is 6.22. The molecule has 0 unspecified atom stereocenters. The van der Waals surface area contributed by atoms with E-state index in [2.05, 4.69) is 26.5 Å². The second kappa shape index (κ2) is 8.63. The molecule has 27 heavy (non-hydrogen) atoms. The Labute approximate surface area is 158 Å². The fourth-order valence-corrected chi connectivity index (χ4v) is 1.85. The van der Waals surface area contributed by atoms with Gasteiger partial charge in [0.25, 0.3) is 0 Å². The molecule has 0 heterocycles. The average Bonchev–Trinajstić information content (AvgIpc) is 2.51. The number of alkyl halides is 6. The van der Waals surface area contributed by atoms with Crippen LogP contribution in [0.3, 0.4) is 0 Å². The van der Waals surface area contributed by atoms with Crippen LogP contribution in [0.2, 0.25) is 0 Å². The molecule has 5 nitrogen and oxygen atoms in total. The predicted octanol–water partition coefficient (Wildman–Crippen LogP) is 4.12. The molecule has 0 aliphatic carbocycles. The second-order valence-electron chi connectivity index (χ2n) is 5.37. The summed E-state index contributed by atoms with van der Waals surface area (Å²) in [6.45, 7) is 3.21. The monoisotopic (exact) mass is 461 g/mol. The molecular formula is C15H14BrF6N3O2. The Morgan fingerprint density at radius 1 is 1.15 bits per heavy atom. The summed E-state index contributed by atoms with van der Waals surface area (Å²) >= 11 is 2.87. The lowest BCUT2D eigenvalue weighted by molar-refractivity contribution is -0.143. The number of benzene rings is 1. The minimum absolute atomic E-state index is 0.0252. The number of hydrazone groups is 1. The first kappa shape index (κ1) is 22.8. The van der Waals surface area contributed by atoms with E-state index in [1.807, 2.05) is 0 Å². The largest absolute Gasteiger partial charge is 0.459 e. The summed E-state index contributed by atoms with van der Waals surface area (Å²) in [6.07, 6.45) is -9.45. The minimum atomic E-state index is -5.01. The number of amidine groups is 1. The molecule has 3 N–H and O–H groups in total. The summed E-state index contributed by atoms with van der Waals surface area (Å²) in [5, 5.41) is 3.44. The zero-order valence-electron chi connectivity index (χ0n) is 13.9. The number of hydrogen-bond donors (Lipinski definition) is 2. The highest BCUT2D eigenvalue weighted by Crippen LogP contribution is 2.36. The van der Waals surface area contributed by atoms with E-state index in [4.69, 9.17) is 10.5 Å². The zero-order chi connectivity index (χ0) is 21.0. The van der Waals surface area contributed by atoms with Gasteiger partial charge in [0.2, 0.25) is 0 Å². The SMILES string of the molecule is CC(C)OC(=O)/C(Br)=C/N/N=C(\N)c1cc(C(F)(F)F)cc(C(F)(F)F)c1. The molecule has 0 spiro atoms. The lowest BCUT2D eigenvalue weighted by Gasteiger charge is -2.14. The molecule has 0 aromatic heterocycles. The number of halogens is 7. The van der Waals surface area contributed by atoms with Crippen molar-refractivity contribution in [3.63, 3.8) is 0 Å². The predicted molar refractivity (Wildman–Crippen MR) is 88.5 cm³/mol. The van der Waals surface area contributed by atoms with Crippen molar-refractivity contribution in [2.75, 3.05) is 0 Å². The van der Waals surface area contributed by atoms with Gasteiger partial charge in [-0.25, -0.2) is 4.79 Å². The van der Waals surface area contributed by atoms with Crippen molar-refractivity contribution in [3.8, 4) is 0 Å². The molecule has 0 aliphatic heterocycles. The van der Waals surface area contributed by atoms with Crippen LogP contribution < -0.4 is 11.2 Å². The number of carbonyl (C=O) groups excluding carboxylic acids is 1. The smallest absolute Gasteiger partial charge is 0.416 e. The number of nitrogens with two attached hydrogens (primary N) is 1. The first-order valence-corrected chi connectivity index (χ1v) is 7.96. The van der Waals surface area contributed by atoms with Gasteiger partial charge in [0, 0.05) is 11.8 Å². The van der Waals surface area contributed by atoms with Gasteiger partial charge >= 0.3 is 18.3 Å². The molecule has 0 bridgehead atoms. The fraction of sp³-hybridized carbons (Fsp3) is 0.333. The molecule has 0 aliphatic rings. The Morgan fingerprint density at radius 3 is 2.04 bits per heavy atom. The number of carbonyl (C=O) groups is 1. The molecule has 1 aromatic rings. The van der Waals surface area contributed by atoms with E-state index in [-0.39, 0.29) is 10.5 Å². The van der Waals surface area contributed by atoms with E-state index in [0.717, 1.165) is 6.20 Å². The first-order valence-electron chi connectivity index (χ1n) is 7.17. The summed E-state index contributed by atoms with van der Waals surface area (Å²) in [5.74, 6) is -1.41. The van der Waals surface area contributed by atoms with Gasteiger partial charge in [-0.2, -0.15) is 31.4 Å². The lowest BCUT2D eigenvalue weighted by Crippen LogP contribution is -2.20. The molecule has 0 radical (unpaired) electrons. The molecule has 0 fully saturated rings. The van der Waals surface area contributed by atoms with E-state index < -0.39 is 47.0 Å². The van der Waals surface area contributed by atoms with E-state index >= 15 is 0 Å². The van der Waals surface area contributed by atoms with E-state index in [1.54, 1.807) is 13.8 Å². The van der Waals surface area contributed by atoms with Crippen LogP contribution in [-0.4, -0.2) is 17.9 Å². The van der Waals surface area contributed by atoms with Crippen molar-refractivity contribution >= 4 is 27.7 Å². The molecule has 0 amide bonds. The topological polar surface area (TPSA) is 76.7 Å². The van der Waals surface area contributed by atoms with Crippen LogP contribution in [0.15, 0.2) is 34.0 Å². The molecule has 0 saturated carbocycles. The third-order valence-corrected chi connectivity index (χ3v) is 3.35. The van der Waals surface area contributed by atoms with E-state index in [9.17, 15) is 31.1 Å². The fourth-order valence-electron chi connectivity index (χ4n) is 1.66.